The van der Waals surface area contributed by atoms with Crippen molar-refractivity contribution >= 4 is 5.91 Å². The summed E-state index contributed by atoms with van der Waals surface area (Å²) in [5.41, 5.74) is 3.65. The summed E-state index contributed by atoms with van der Waals surface area (Å²) in [4.78, 5) is 17.4. The third-order valence-corrected chi connectivity index (χ3v) is 6.01. The summed E-state index contributed by atoms with van der Waals surface area (Å²) >= 11 is 0. The molecule has 0 aliphatic carbocycles. The van der Waals surface area contributed by atoms with Crippen LogP contribution in [-0.2, 0) is 17.9 Å². The Kier molecular flexibility index (Phi) is 4.76. The van der Waals surface area contributed by atoms with E-state index in [2.05, 4.69) is 10.1 Å². The van der Waals surface area contributed by atoms with Gasteiger partial charge in [-0.05, 0) is 50.8 Å². The molecule has 1 amide bonds. The Morgan fingerprint density at radius 2 is 2.00 bits per heavy atom. The van der Waals surface area contributed by atoms with E-state index in [0.717, 1.165) is 55.1 Å². The average Bonchev–Trinajstić information content (AvgIpc) is 2.80. The molecule has 2 bridgehead atoms. The molecule has 27 heavy (non-hydrogen) atoms. The van der Waals surface area contributed by atoms with E-state index in [9.17, 15) is 9.18 Å². The topological polar surface area (TPSA) is 49.6 Å². The lowest BCUT2D eigenvalue weighted by molar-refractivity contribution is -0.140. The molecular weight excluding hydrogens is 345 g/mol. The first kappa shape index (κ1) is 18.2. The van der Waals surface area contributed by atoms with Gasteiger partial charge in [0.15, 0.2) is 0 Å². The van der Waals surface area contributed by atoms with Crippen molar-refractivity contribution in [2.45, 2.75) is 52.7 Å². The smallest absolute Gasteiger partial charge is 0.227 e. The van der Waals surface area contributed by atoms with Crippen molar-refractivity contribution in [3.05, 3.63) is 52.2 Å². The highest BCUT2D eigenvalue weighted by Crippen LogP contribution is 2.32. The summed E-state index contributed by atoms with van der Waals surface area (Å²) < 4.78 is 18.8. The first-order chi connectivity index (χ1) is 12.9. The van der Waals surface area contributed by atoms with Crippen LogP contribution in [0.5, 0.6) is 0 Å². The molecule has 6 heteroatoms. The van der Waals surface area contributed by atoms with Crippen molar-refractivity contribution in [2.24, 2.45) is 5.92 Å². The lowest BCUT2D eigenvalue weighted by Gasteiger charge is -2.36. The van der Waals surface area contributed by atoms with Gasteiger partial charge in [-0.25, -0.2) is 4.39 Å². The number of carbonyl (C=O) groups excluding carboxylic acids is 1. The third kappa shape index (κ3) is 3.50. The van der Waals surface area contributed by atoms with Gasteiger partial charge >= 0.3 is 0 Å². The number of rotatable bonds is 4. The number of carbonyl (C=O) groups is 1. The second kappa shape index (κ2) is 7.08. The zero-order chi connectivity index (χ0) is 19.1. The summed E-state index contributed by atoms with van der Waals surface area (Å²) in [6.45, 7) is 8.56. The van der Waals surface area contributed by atoms with Crippen molar-refractivity contribution < 1.29 is 13.7 Å². The van der Waals surface area contributed by atoms with E-state index in [-0.39, 0.29) is 23.7 Å². The highest BCUT2D eigenvalue weighted by Gasteiger charge is 2.41. The van der Waals surface area contributed by atoms with E-state index >= 15 is 0 Å². The van der Waals surface area contributed by atoms with Gasteiger partial charge in [-0.2, -0.15) is 0 Å². The van der Waals surface area contributed by atoms with E-state index < -0.39 is 0 Å². The zero-order valence-electron chi connectivity index (χ0n) is 16.2. The molecule has 5 nitrogen and oxygen atoms in total. The lowest BCUT2D eigenvalue weighted by atomic mass is 9.93. The van der Waals surface area contributed by atoms with Gasteiger partial charge in [-0.15, -0.1) is 0 Å². The van der Waals surface area contributed by atoms with E-state index in [1.807, 2.05) is 30.9 Å². The van der Waals surface area contributed by atoms with Crippen LogP contribution in [-0.4, -0.2) is 40.0 Å². The Bertz CT molecular complexity index is 844. The van der Waals surface area contributed by atoms with Gasteiger partial charge in [0.05, 0.1) is 18.2 Å². The number of piperidine rings is 1. The Hall–Kier alpha value is -2.21. The second-order valence-electron chi connectivity index (χ2n) is 7.97. The number of nitrogens with zero attached hydrogens (tertiary/aromatic N) is 3. The van der Waals surface area contributed by atoms with Gasteiger partial charge in [0.25, 0.3) is 0 Å². The van der Waals surface area contributed by atoms with E-state index in [4.69, 9.17) is 4.52 Å². The van der Waals surface area contributed by atoms with Crippen LogP contribution < -0.4 is 0 Å². The van der Waals surface area contributed by atoms with Crippen LogP contribution in [0.1, 0.15) is 41.0 Å². The summed E-state index contributed by atoms with van der Waals surface area (Å²) in [5, 5.41) is 4.02. The average molecular weight is 371 g/mol. The Morgan fingerprint density at radius 3 is 2.70 bits per heavy atom. The van der Waals surface area contributed by atoms with E-state index in [0.29, 0.717) is 12.1 Å². The highest BCUT2D eigenvalue weighted by atomic mass is 19.1. The van der Waals surface area contributed by atoms with Crippen LogP contribution in [0.3, 0.4) is 0 Å². The zero-order valence-corrected chi connectivity index (χ0v) is 16.2. The number of hydrogen-bond donors (Lipinski definition) is 0. The van der Waals surface area contributed by atoms with Crippen LogP contribution >= 0.6 is 0 Å². The molecule has 0 N–H and O–H groups in total. The standard InChI is InChI=1S/C21H26FN3O2/c1-13-8-16(4-7-20(13)22)9-24-10-17-5-6-18(11-24)25(21(17)26)12-19-14(2)23-27-15(19)3/h4,7-8,17-18H,5-6,9-12H2,1-3H3/t17-,18+/m1/s1. The van der Waals surface area contributed by atoms with Crippen LogP contribution in [0.25, 0.3) is 0 Å². The summed E-state index contributed by atoms with van der Waals surface area (Å²) in [7, 11) is 0. The monoisotopic (exact) mass is 371 g/mol. The maximum Gasteiger partial charge on any atom is 0.227 e. The molecule has 0 saturated carbocycles. The molecule has 2 aromatic rings. The number of fused-ring (bicyclic) bond motifs is 4. The first-order valence-corrected chi connectivity index (χ1v) is 9.62. The molecule has 3 fully saturated rings. The molecule has 0 unspecified atom stereocenters. The fraction of sp³-hybridized carbons (Fsp3) is 0.524. The largest absolute Gasteiger partial charge is 0.361 e. The predicted octanol–water partition coefficient (Wildman–Crippen LogP) is 3.36. The minimum atomic E-state index is -0.171. The number of aryl methyl sites for hydroxylation is 3. The molecule has 4 heterocycles. The van der Waals surface area contributed by atoms with Crippen molar-refractivity contribution in [3.8, 4) is 0 Å². The highest BCUT2D eigenvalue weighted by molar-refractivity contribution is 5.80. The minimum absolute atomic E-state index is 0.0331. The number of benzene rings is 1. The normalized spacial score (nSPS) is 23.1. The minimum Gasteiger partial charge on any atom is -0.361 e. The van der Waals surface area contributed by atoms with Crippen molar-refractivity contribution in [3.63, 3.8) is 0 Å². The molecular formula is C21H26FN3O2. The Morgan fingerprint density at radius 1 is 1.19 bits per heavy atom. The lowest BCUT2D eigenvalue weighted by Crippen LogP contribution is -2.47. The van der Waals surface area contributed by atoms with Gasteiger partial charge in [-0.1, -0.05) is 17.3 Å². The SMILES string of the molecule is Cc1cc(CN2C[C@H]3CC[C@@H](C2)N(Cc2c(C)noc2C)C3=O)ccc1F. The fourth-order valence-electron chi connectivity index (χ4n) is 4.43. The molecule has 0 radical (unpaired) electrons. The molecule has 3 aliphatic heterocycles. The van der Waals surface area contributed by atoms with E-state index in [1.54, 1.807) is 6.92 Å². The predicted molar refractivity (Wildman–Crippen MR) is 99.5 cm³/mol. The van der Waals surface area contributed by atoms with Crippen molar-refractivity contribution in [1.29, 1.82) is 0 Å². The number of aromatic nitrogens is 1. The first-order valence-electron chi connectivity index (χ1n) is 9.62. The van der Waals surface area contributed by atoms with Crippen LogP contribution in [0.15, 0.2) is 22.7 Å². The Labute approximate surface area is 159 Å². The van der Waals surface area contributed by atoms with Gasteiger partial charge < -0.3 is 9.42 Å². The maximum atomic E-state index is 13.5. The van der Waals surface area contributed by atoms with Crippen LogP contribution in [0.2, 0.25) is 0 Å². The Balaban J connectivity index is 1.52. The summed E-state index contributed by atoms with van der Waals surface area (Å²) in [5.74, 6) is 0.893. The molecule has 3 saturated heterocycles. The quantitative estimate of drug-likeness (QED) is 0.827. The van der Waals surface area contributed by atoms with Gasteiger partial charge in [-0.3, -0.25) is 9.69 Å². The van der Waals surface area contributed by atoms with Crippen molar-refractivity contribution in [1.82, 2.24) is 15.0 Å². The van der Waals surface area contributed by atoms with Gasteiger partial charge in [0.2, 0.25) is 5.91 Å². The molecule has 144 valence electrons. The molecule has 0 spiro atoms. The molecule has 5 rings (SSSR count). The maximum absolute atomic E-state index is 13.5. The van der Waals surface area contributed by atoms with Gasteiger partial charge in [0, 0.05) is 31.2 Å². The van der Waals surface area contributed by atoms with Crippen LogP contribution in [0.4, 0.5) is 4.39 Å². The van der Waals surface area contributed by atoms with Gasteiger partial charge in [0.1, 0.15) is 11.6 Å². The third-order valence-electron chi connectivity index (χ3n) is 6.01. The molecule has 1 aromatic heterocycles. The van der Waals surface area contributed by atoms with E-state index in [1.165, 1.54) is 6.07 Å². The molecule has 1 aromatic carbocycles. The second-order valence-corrected chi connectivity index (χ2v) is 7.97. The summed E-state index contributed by atoms with van der Waals surface area (Å²) in [6.07, 6.45) is 1.97. The number of halogens is 1. The molecule has 2 atom stereocenters. The molecule has 3 aliphatic rings. The summed E-state index contributed by atoms with van der Waals surface area (Å²) in [6, 6.07) is 5.49. The van der Waals surface area contributed by atoms with Crippen molar-refractivity contribution in [2.75, 3.05) is 13.1 Å². The number of amides is 1. The fourth-order valence-corrected chi connectivity index (χ4v) is 4.43. The van der Waals surface area contributed by atoms with Crippen LogP contribution in [0, 0.1) is 32.5 Å². The number of hydrogen-bond acceptors (Lipinski definition) is 4.